The molecule has 0 spiro atoms. The SMILES string of the molecule is C=C(/C=C\C(=C)C(=C)/C(F)=C\C(=C)/C(C)=C/CC(C)CC)C(=C)/C(F)=C(/F)C(=C)C. The van der Waals surface area contributed by atoms with Gasteiger partial charge < -0.3 is 0 Å². The van der Waals surface area contributed by atoms with Crippen LogP contribution in [0, 0.1) is 5.92 Å². The van der Waals surface area contributed by atoms with E-state index in [1.807, 2.05) is 13.0 Å². The first-order valence-corrected chi connectivity index (χ1v) is 9.72. The highest BCUT2D eigenvalue weighted by Gasteiger charge is 2.12. The Bertz CT molecular complexity index is 870. The number of hydrogen-bond acceptors (Lipinski definition) is 0. The topological polar surface area (TPSA) is 0 Å². The molecular weight excluding hydrogens is 381 g/mol. The van der Waals surface area contributed by atoms with Gasteiger partial charge in [0.1, 0.15) is 5.83 Å². The van der Waals surface area contributed by atoms with E-state index in [1.54, 1.807) is 0 Å². The van der Waals surface area contributed by atoms with Gasteiger partial charge in [-0.3, -0.25) is 0 Å². The van der Waals surface area contributed by atoms with Crippen molar-refractivity contribution in [2.24, 2.45) is 5.92 Å². The van der Waals surface area contributed by atoms with Crippen LogP contribution >= 0.6 is 0 Å². The molecule has 0 bridgehead atoms. The summed E-state index contributed by atoms with van der Waals surface area (Å²) >= 11 is 0. The Balaban J connectivity index is 5.23. The van der Waals surface area contributed by atoms with Crippen LogP contribution in [0.3, 0.4) is 0 Å². The van der Waals surface area contributed by atoms with E-state index in [0.717, 1.165) is 18.4 Å². The van der Waals surface area contributed by atoms with Gasteiger partial charge in [-0.15, -0.1) is 0 Å². The lowest BCUT2D eigenvalue weighted by Gasteiger charge is -2.08. The van der Waals surface area contributed by atoms with Crippen molar-refractivity contribution < 1.29 is 13.2 Å². The molecule has 0 aliphatic carbocycles. The second-order valence-electron chi connectivity index (χ2n) is 7.40. The summed E-state index contributed by atoms with van der Waals surface area (Å²) in [6.07, 6.45) is 8.11. The van der Waals surface area contributed by atoms with Gasteiger partial charge in [0.2, 0.25) is 0 Å². The molecule has 0 heterocycles. The van der Waals surface area contributed by atoms with E-state index in [0.29, 0.717) is 11.5 Å². The molecular formula is C27H33F3. The first-order valence-electron chi connectivity index (χ1n) is 9.72. The number of halogens is 3. The first-order chi connectivity index (χ1) is 13.8. The molecule has 0 saturated heterocycles. The summed E-state index contributed by atoms with van der Waals surface area (Å²) in [5.41, 5.74) is 1.61. The minimum Gasteiger partial charge on any atom is -0.206 e. The Morgan fingerprint density at radius 3 is 1.77 bits per heavy atom. The number of hydrogen-bond donors (Lipinski definition) is 0. The average Bonchev–Trinajstić information content (AvgIpc) is 2.72. The molecule has 0 aliphatic heterocycles. The normalized spacial score (nSPS) is 14.2. The number of rotatable bonds is 12. The van der Waals surface area contributed by atoms with Crippen molar-refractivity contribution in [2.75, 3.05) is 0 Å². The van der Waals surface area contributed by atoms with Crippen molar-refractivity contribution in [3.8, 4) is 0 Å². The Kier molecular flexibility index (Phi) is 11.5. The van der Waals surface area contributed by atoms with Gasteiger partial charge in [-0.05, 0) is 60.1 Å². The largest absolute Gasteiger partial charge is 0.206 e. The van der Waals surface area contributed by atoms with Crippen molar-refractivity contribution in [3.05, 3.63) is 120 Å². The van der Waals surface area contributed by atoms with Crippen molar-refractivity contribution in [2.45, 2.75) is 40.5 Å². The zero-order valence-corrected chi connectivity index (χ0v) is 18.7. The van der Waals surface area contributed by atoms with E-state index in [2.05, 4.69) is 53.3 Å². The maximum atomic E-state index is 14.5. The van der Waals surface area contributed by atoms with Crippen LogP contribution in [0.25, 0.3) is 0 Å². The zero-order valence-electron chi connectivity index (χ0n) is 18.7. The molecule has 0 aromatic heterocycles. The minimum atomic E-state index is -1.14. The fourth-order valence-electron chi connectivity index (χ4n) is 2.05. The quantitative estimate of drug-likeness (QED) is 0.279. The molecule has 1 atom stereocenters. The van der Waals surface area contributed by atoms with E-state index in [4.69, 9.17) is 0 Å². The second kappa shape index (κ2) is 12.7. The van der Waals surface area contributed by atoms with Gasteiger partial charge in [0, 0.05) is 11.1 Å². The standard InChI is InChI=1S/C27H33F3/c1-11-18(4)12-13-19(5)22(8)16-25(28)23(9)20(6)14-15-21(7)24(10)27(30)26(29)17(2)3/h13-16,18H,2,6-12H2,1,3-5H3/b15-14-,19-13+,25-16+,27-26-. The van der Waals surface area contributed by atoms with Gasteiger partial charge in [0.05, 0.1) is 0 Å². The van der Waals surface area contributed by atoms with Gasteiger partial charge in [-0.25, -0.2) is 13.2 Å². The lowest BCUT2D eigenvalue weighted by atomic mass is 9.99. The Morgan fingerprint density at radius 1 is 0.800 bits per heavy atom. The number of allylic oxidation sites excluding steroid dienone is 14. The van der Waals surface area contributed by atoms with E-state index in [9.17, 15) is 13.2 Å². The summed E-state index contributed by atoms with van der Waals surface area (Å²) in [5.74, 6) is -2.24. The zero-order chi connectivity index (χ0) is 23.6. The Morgan fingerprint density at radius 2 is 1.30 bits per heavy atom. The summed E-state index contributed by atoms with van der Waals surface area (Å²) < 4.78 is 42.2. The third kappa shape index (κ3) is 8.69. The molecule has 0 aromatic rings. The van der Waals surface area contributed by atoms with Crippen LogP contribution < -0.4 is 0 Å². The highest BCUT2D eigenvalue weighted by atomic mass is 19.2. The van der Waals surface area contributed by atoms with Crippen molar-refractivity contribution in [3.63, 3.8) is 0 Å². The predicted molar refractivity (Wildman–Crippen MR) is 126 cm³/mol. The molecule has 0 fully saturated rings. The summed E-state index contributed by atoms with van der Waals surface area (Å²) in [6, 6.07) is 0. The summed E-state index contributed by atoms with van der Waals surface area (Å²) in [6.45, 7) is 29.4. The van der Waals surface area contributed by atoms with Gasteiger partial charge in [-0.1, -0.05) is 78.0 Å². The summed E-state index contributed by atoms with van der Waals surface area (Å²) in [5, 5.41) is 0. The summed E-state index contributed by atoms with van der Waals surface area (Å²) in [4.78, 5) is 0. The van der Waals surface area contributed by atoms with Gasteiger partial charge in [0.25, 0.3) is 0 Å². The molecule has 0 nitrogen and oxygen atoms in total. The minimum absolute atomic E-state index is 0.0517. The molecule has 3 heteroatoms. The van der Waals surface area contributed by atoms with Crippen molar-refractivity contribution in [1.29, 1.82) is 0 Å². The van der Waals surface area contributed by atoms with E-state index in [-0.39, 0.29) is 27.9 Å². The fourth-order valence-corrected chi connectivity index (χ4v) is 2.05. The maximum Gasteiger partial charge on any atom is 0.166 e. The Hall–Kier alpha value is -2.81. The van der Waals surface area contributed by atoms with Crippen LogP contribution in [-0.2, 0) is 0 Å². The highest BCUT2D eigenvalue weighted by molar-refractivity contribution is 5.54. The summed E-state index contributed by atoms with van der Waals surface area (Å²) in [7, 11) is 0. The average molecular weight is 415 g/mol. The predicted octanol–water partition coefficient (Wildman–Crippen LogP) is 9.29. The second-order valence-corrected chi connectivity index (χ2v) is 7.40. The Labute approximate surface area is 180 Å². The lowest BCUT2D eigenvalue weighted by molar-refractivity contribution is 0.558. The van der Waals surface area contributed by atoms with Crippen LogP contribution in [0.4, 0.5) is 13.2 Å². The van der Waals surface area contributed by atoms with E-state index in [1.165, 1.54) is 25.2 Å². The van der Waals surface area contributed by atoms with Gasteiger partial charge >= 0.3 is 0 Å². The van der Waals surface area contributed by atoms with Crippen LogP contribution in [-0.4, -0.2) is 0 Å². The molecule has 0 saturated carbocycles. The molecule has 30 heavy (non-hydrogen) atoms. The molecule has 0 amide bonds. The van der Waals surface area contributed by atoms with Crippen LogP contribution in [0.5, 0.6) is 0 Å². The molecule has 0 radical (unpaired) electrons. The molecule has 1 unspecified atom stereocenters. The molecule has 0 rings (SSSR count). The molecule has 0 aromatic carbocycles. The first kappa shape index (κ1) is 27.2. The third-order valence-corrected chi connectivity index (χ3v) is 4.71. The molecule has 0 N–H and O–H groups in total. The van der Waals surface area contributed by atoms with E-state index < -0.39 is 17.5 Å². The molecule has 0 aliphatic rings. The van der Waals surface area contributed by atoms with Crippen LogP contribution in [0.1, 0.15) is 40.5 Å². The van der Waals surface area contributed by atoms with Crippen molar-refractivity contribution >= 4 is 0 Å². The highest BCUT2D eigenvalue weighted by Crippen LogP contribution is 2.27. The van der Waals surface area contributed by atoms with E-state index >= 15 is 0 Å². The monoisotopic (exact) mass is 414 g/mol. The molecule has 162 valence electrons. The smallest absolute Gasteiger partial charge is 0.166 e. The van der Waals surface area contributed by atoms with Crippen molar-refractivity contribution in [1.82, 2.24) is 0 Å². The van der Waals surface area contributed by atoms with Gasteiger partial charge in [0.15, 0.2) is 11.7 Å². The fraction of sp³-hybridized carbons (Fsp3) is 0.259. The third-order valence-electron chi connectivity index (χ3n) is 4.71. The van der Waals surface area contributed by atoms with Crippen LogP contribution in [0.15, 0.2) is 120 Å². The lowest BCUT2D eigenvalue weighted by Crippen LogP contribution is -1.92. The van der Waals surface area contributed by atoms with Crippen LogP contribution in [0.2, 0.25) is 0 Å². The van der Waals surface area contributed by atoms with Gasteiger partial charge in [-0.2, -0.15) is 0 Å². The maximum absolute atomic E-state index is 14.5.